The molecule has 0 spiro atoms. The first-order chi connectivity index (χ1) is 6.22. The second-order valence-electron chi connectivity index (χ2n) is 2.79. The fourth-order valence-corrected chi connectivity index (χ4v) is 1.48. The minimum atomic E-state index is -0.356. The van der Waals surface area contributed by atoms with Crippen LogP contribution in [0.15, 0.2) is 0 Å². The normalized spacial score (nSPS) is 15.2. The Kier molecular flexibility index (Phi) is 4.52. The lowest BCUT2D eigenvalue weighted by atomic mass is 10.5. The predicted octanol–water partition coefficient (Wildman–Crippen LogP) is 2.59. The molecule has 0 amide bonds. The number of carbonyl (C=O) groups excluding carboxylic acids is 1. The highest BCUT2D eigenvalue weighted by Gasteiger charge is 2.23. The van der Waals surface area contributed by atoms with Crippen LogP contribution in [0.25, 0.3) is 0 Å². The topological polar surface area (TPSA) is 35.5 Å². The maximum absolute atomic E-state index is 11.0. The van der Waals surface area contributed by atoms with Crippen molar-refractivity contribution in [3.8, 4) is 0 Å². The van der Waals surface area contributed by atoms with Gasteiger partial charge in [0.2, 0.25) is 4.38 Å². The minimum absolute atomic E-state index is 0.239. The second-order valence-corrected chi connectivity index (χ2v) is 4.33. The zero-order valence-electron chi connectivity index (χ0n) is 7.45. The van der Waals surface area contributed by atoms with E-state index in [1.807, 2.05) is 6.92 Å². The summed E-state index contributed by atoms with van der Waals surface area (Å²) in [5, 5.41) is -0.356. The van der Waals surface area contributed by atoms with E-state index < -0.39 is 0 Å². The van der Waals surface area contributed by atoms with Crippen molar-refractivity contribution in [1.29, 1.82) is 0 Å². The molecule has 0 N–H and O–H groups in total. The summed E-state index contributed by atoms with van der Waals surface area (Å²) in [4.78, 5) is 11.0. The molecule has 3 nitrogen and oxygen atoms in total. The van der Waals surface area contributed by atoms with Gasteiger partial charge in [-0.3, -0.25) is 0 Å². The molecule has 74 valence electrons. The summed E-state index contributed by atoms with van der Waals surface area (Å²) in [5.41, 5.74) is 0. The highest BCUT2D eigenvalue weighted by atomic mass is 32.2. The van der Waals surface area contributed by atoms with Gasteiger partial charge in [0.05, 0.1) is 13.2 Å². The van der Waals surface area contributed by atoms with Crippen molar-refractivity contribution in [1.82, 2.24) is 0 Å². The Labute approximate surface area is 87.2 Å². The van der Waals surface area contributed by atoms with Gasteiger partial charge in [0.25, 0.3) is 0 Å². The summed E-state index contributed by atoms with van der Waals surface area (Å²) in [6.07, 6.45) is 2.35. The van der Waals surface area contributed by atoms with E-state index in [9.17, 15) is 4.79 Å². The van der Waals surface area contributed by atoms with Crippen LogP contribution in [0.3, 0.4) is 0 Å². The molecule has 0 heterocycles. The Hall–Kier alpha value is -0.290. The van der Waals surface area contributed by atoms with E-state index in [0.29, 0.717) is 19.1 Å². The van der Waals surface area contributed by atoms with Crippen LogP contribution in [0.2, 0.25) is 0 Å². The van der Waals surface area contributed by atoms with Gasteiger partial charge >= 0.3 is 5.30 Å². The highest BCUT2D eigenvalue weighted by molar-refractivity contribution is 8.32. The van der Waals surface area contributed by atoms with Crippen LogP contribution in [-0.2, 0) is 9.47 Å². The van der Waals surface area contributed by atoms with Crippen LogP contribution in [0.5, 0.6) is 0 Å². The van der Waals surface area contributed by atoms with Crippen molar-refractivity contribution < 1.29 is 14.3 Å². The van der Waals surface area contributed by atoms with Crippen LogP contribution < -0.4 is 0 Å². The van der Waals surface area contributed by atoms with Crippen LogP contribution >= 0.6 is 24.0 Å². The van der Waals surface area contributed by atoms with Crippen LogP contribution in [0, 0.1) is 5.92 Å². The average molecular weight is 220 g/mol. The van der Waals surface area contributed by atoms with Crippen molar-refractivity contribution in [2.75, 3.05) is 13.2 Å². The maximum atomic E-state index is 11.0. The van der Waals surface area contributed by atoms with Crippen LogP contribution in [0.1, 0.15) is 19.8 Å². The van der Waals surface area contributed by atoms with Gasteiger partial charge in [-0.05, 0) is 37.9 Å². The van der Waals surface area contributed by atoms with E-state index in [0.717, 1.165) is 11.8 Å². The van der Waals surface area contributed by atoms with E-state index in [2.05, 4.69) is 0 Å². The third-order valence-corrected chi connectivity index (χ3v) is 2.50. The monoisotopic (exact) mass is 220 g/mol. The minimum Gasteiger partial charge on any atom is -0.478 e. The average Bonchev–Trinajstić information content (AvgIpc) is 2.84. The van der Waals surface area contributed by atoms with Crippen molar-refractivity contribution in [3.63, 3.8) is 0 Å². The molecule has 0 unspecified atom stereocenters. The number of thioether (sulfide) groups is 1. The molecule has 0 radical (unpaired) electrons. The molecule has 0 aromatic heterocycles. The Morgan fingerprint density at radius 2 is 2.23 bits per heavy atom. The van der Waals surface area contributed by atoms with E-state index in [1.165, 1.54) is 12.8 Å². The van der Waals surface area contributed by atoms with Gasteiger partial charge in [-0.1, -0.05) is 0 Å². The molecule has 0 aromatic rings. The molecule has 1 aliphatic rings. The Morgan fingerprint density at radius 3 is 2.77 bits per heavy atom. The summed E-state index contributed by atoms with van der Waals surface area (Å²) in [7, 11) is 0. The Morgan fingerprint density at radius 1 is 1.54 bits per heavy atom. The lowest BCUT2D eigenvalue weighted by molar-refractivity contribution is 0.170. The van der Waals surface area contributed by atoms with Gasteiger partial charge in [0.1, 0.15) is 0 Å². The summed E-state index contributed by atoms with van der Waals surface area (Å²) in [6.45, 7) is 2.84. The maximum Gasteiger partial charge on any atom is 0.375 e. The standard InChI is InChI=1S/C8H12O3S2/c1-2-10-8(12)13-7(9)11-5-6-3-4-6/h6H,2-5H2,1H3. The quantitative estimate of drug-likeness (QED) is 0.539. The molecule has 0 saturated heterocycles. The van der Waals surface area contributed by atoms with Crippen LogP contribution in [-0.4, -0.2) is 22.9 Å². The molecular formula is C8H12O3S2. The SMILES string of the molecule is CCOC(=S)SC(=O)OCC1CC1. The molecule has 0 aliphatic heterocycles. The second kappa shape index (κ2) is 5.44. The predicted molar refractivity (Wildman–Crippen MR) is 55.9 cm³/mol. The highest BCUT2D eigenvalue weighted by Crippen LogP contribution is 2.29. The zero-order chi connectivity index (χ0) is 9.68. The molecule has 0 atom stereocenters. The molecule has 1 rings (SSSR count). The third kappa shape index (κ3) is 5.10. The number of hydrogen-bond donors (Lipinski definition) is 0. The number of thiocarbonyl (C=S) groups is 1. The summed E-state index contributed by atoms with van der Waals surface area (Å²) >= 11 is 5.61. The molecular weight excluding hydrogens is 208 g/mol. The van der Waals surface area contributed by atoms with Crippen molar-refractivity contribution in [3.05, 3.63) is 0 Å². The fourth-order valence-electron chi connectivity index (χ4n) is 0.715. The summed E-state index contributed by atoms with van der Waals surface area (Å²) < 4.78 is 10.1. The summed E-state index contributed by atoms with van der Waals surface area (Å²) in [5.74, 6) is 0.588. The van der Waals surface area contributed by atoms with Crippen molar-refractivity contribution >= 4 is 33.7 Å². The molecule has 1 aliphatic carbocycles. The molecule has 1 fully saturated rings. The lowest BCUT2D eigenvalue weighted by Crippen LogP contribution is -2.05. The zero-order valence-corrected chi connectivity index (χ0v) is 9.08. The van der Waals surface area contributed by atoms with E-state index in [4.69, 9.17) is 21.7 Å². The molecule has 1 saturated carbocycles. The number of ether oxygens (including phenoxy) is 2. The smallest absolute Gasteiger partial charge is 0.375 e. The Bertz CT molecular complexity index is 202. The van der Waals surface area contributed by atoms with Crippen LogP contribution in [0.4, 0.5) is 4.79 Å². The first-order valence-corrected chi connectivity index (χ1v) is 5.46. The van der Waals surface area contributed by atoms with Gasteiger partial charge in [0.15, 0.2) is 0 Å². The number of rotatable bonds is 3. The third-order valence-electron chi connectivity index (χ3n) is 1.56. The molecule has 0 bridgehead atoms. The van der Waals surface area contributed by atoms with Gasteiger partial charge in [-0.15, -0.1) is 0 Å². The van der Waals surface area contributed by atoms with Gasteiger partial charge in [-0.2, -0.15) is 0 Å². The first kappa shape index (κ1) is 10.8. The largest absolute Gasteiger partial charge is 0.478 e. The lowest BCUT2D eigenvalue weighted by Gasteiger charge is -2.03. The van der Waals surface area contributed by atoms with Crippen molar-refractivity contribution in [2.24, 2.45) is 5.92 Å². The first-order valence-electron chi connectivity index (χ1n) is 4.23. The number of hydrogen-bond acceptors (Lipinski definition) is 5. The fraction of sp³-hybridized carbons (Fsp3) is 0.750. The van der Waals surface area contributed by atoms with E-state index in [-0.39, 0.29) is 9.68 Å². The van der Waals surface area contributed by atoms with E-state index >= 15 is 0 Å². The molecule has 5 heteroatoms. The Balaban J connectivity index is 2.04. The van der Waals surface area contributed by atoms with Gasteiger partial charge in [0, 0.05) is 11.8 Å². The molecule has 0 aromatic carbocycles. The number of carbonyl (C=O) groups is 1. The van der Waals surface area contributed by atoms with E-state index in [1.54, 1.807) is 0 Å². The van der Waals surface area contributed by atoms with Gasteiger partial charge in [-0.25, -0.2) is 4.79 Å². The van der Waals surface area contributed by atoms with Crippen molar-refractivity contribution in [2.45, 2.75) is 19.8 Å². The molecule has 13 heavy (non-hydrogen) atoms. The summed E-state index contributed by atoms with van der Waals surface area (Å²) in [6, 6.07) is 0. The van der Waals surface area contributed by atoms with Gasteiger partial charge < -0.3 is 9.47 Å².